The van der Waals surface area contributed by atoms with E-state index < -0.39 is 0 Å². The molecule has 0 N–H and O–H groups in total. The minimum absolute atomic E-state index is 0.284. The van der Waals surface area contributed by atoms with Crippen molar-refractivity contribution in [2.45, 2.75) is 6.92 Å². The average Bonchev–Trinajstić information content (AvgIpc) is 2.40. The number of benzene rings is 2. The molecular weight excluding hydrogens is 343 g/mol. The van der Waals surface area contributed by atoms with Crippen molar-refractivity contribution in [1.29, 1.82) is 0 Å². The number of hydrogen-bond acceptors (Lipinski definition) is 2. The minimum atomic E-state index is -0.354. The number of fused-ring (bicyclic) bond motifs is 1. The highest BCUT2D eigenvalue weighted by atomic mass is 79.9. The van der Waals surface area contributed by atoms with Gasteiger partial charge < -0.3 is 0 Å². The summed E-state index contributed by atoms with van der Waals surface area (Å²) in [7, 11) is 0. The molecule has 0 spiro atoms. The molecular formula is C15H9BrClFN2. The molecule has 3 rings (SSSR count). The molecule has 0 bridgehead atoms. The summed E-state index contributed by atoms with van der Waals surface area (Å²) >= 11 is 9.60. The van der Waals surface area contributed by atoms with Crippen LogP contribution in [0.4, 0.5) is 4.39 Å². The summed E-state index contributed by atoms with van der Waals surface area (Å²) in [6.07, 6.45) is 0. The van der Waals surface area contributed by atoms with Gasteiger partial charge in [0.1, 0.15) is 11.0 Å². The van der Waals surface area contributed by atoms with Gasteiger partial charge in [0.25, 0.3) is 0 Å². The van der Waals surface area contributed by atoms with Crippen LogP contribution in [0, 0.1) is 12.7 Å². The van der Waals surface area contributed by atoms with Gasteiger partial charge in [-0.2, -0.15) is 0 Å². The maximum Gasteiger partial charge on any atom is 0.164 e. The Morgan fingerprint density at radius 3 is 2.70 bits per heavy atom. The lowest BCUT2D eigenvalue weighted by Crippen LogP contribution is -1.95. The number of rotatable bonds is 1. The van der Waals surface area contributed by atoms with Crippen molar-refractivity contribution in [1.82, 2.24) is 9.97 Å². The first kappa shape index (κ1) is 13.5. The van der Waals surface area contributed by atoms with E-state index in [2.05, 4.69) is 25.9 Å². The molecule has 0 saturated carbocycles. The molecule has 0 aliphatic carbocycles. The second kappa shape index (κ2) is 5.11. The average molecular weight is 352 g/mol. The van der Waals surface area contributed by atoms with E-state index in [0.717, 1.165) is 15.4 Å². The van der Waals surface area contributed by atoms with E-state index in [1.54, 1.807) is 6.07 Å². The Bertz CT molecular complexity index is 820. The first-order valence-corrected chi connectivity index (χ1v) is 7.11. The first-order chi connectivity index (χ1) is 9.56. The van der Waals surface area contributed by atoms with Gasteiger partial charge in [0, 0.05) is 9.86 Å². The number of para-hydroxylation sites is 1. The van der Waals surface area contributed by atoms with Crippen LogP contribution in [0.5, 0.6) is 0 Å². The molecule has 100 valence electrons. The number of nitrogens with zero attached hydrogens (tertiary/aromatic N) is 2. The maximum absolute atomic E-state index is 14.0. The van der Waals surface area contributed by atoms with E-state index in [9.17, 15) is 4.39 Å². The maximum atomic E-state index is 14.0. The summed E-state index contributed by atoms with van der Waals surface area (Å²) < 4.78 is 14.8. The predicted octanol–water partition coefficient (Wildman–Crippen LogP) is 5.16. The highest BCUT2D eigenvalue weighted by Crippen LogP contribution is 2.30. The van der Waals surface area contributed by atoms with Crippen LogP contribution in [0.3, 0.4) is 0 Å². The molecule has 0 aliphatic heterocycles. The van der Waals surface area contributed by atoms with E-state index in [1.165, 1.54) is 6.07 Å². The largest absolute Gasteiger partial charge is 0.227 e. The highest BCUT2D eigenvalue weighted by molar-refractivity contribution is 9.10. The van der Waals surface area contributed by atoms with Crippen molar-refractivity contribution in [3.8, 4) is 11.4 Å². The van der Waals surface area contributed by atoms with E-state index >= 15 is 0 Å². The van der Waals surface area contributed by atoms with Gasteiger partial charge in [-0.3, -0.25) is 0 Å². The van der Waals surface area contributed by atoms with Crippen LogP contribution in [-0.2, 0) is 0 Å². The molecule has 0 unspecified atom stereocenters. The number of halogens is 3. The molecule has 0 fully saturated rings. The standard InChI is InChI=1S/C15H9BrClFN2/c1-8-5-6-9(12(18)7-8)15-19-13-10(14(17)20-15)3-2-4-11(13)16/h2-7H,1H3. The van der Waals surface area contributed by atoms with Crippen LogP contribution < -0.4 is 0 Å². The van der Waals surface area contributed by atoms with E-state index in [4.69, 9.17) is 11.6 Å². The monoisotopic (exact) mass is 350 g/mol. The lowest BCUT2D eigenvalue weighted by molar-refractivity contribution is 0.629. The second-order valence-electron chi connectivity index (χ2n) is 4.46. The fourth-order valence-corrected chi connectivity index (χ4v) is 2.69. The summed E-state index contributed by atoms with van der Waals surface area (Å²) in [5.41, 5.74) is 1.86. The summed E-state index contributed by atoms with van der Waals surface area (Å²) in [4.78, 5) is 8.61. The van der Waals surface area contributed by atoms with Gasteiger partial charge >= 0.3 is 0 Å². The van der Waals surface area contributed by atoms with E-state index in [1.807, 2.05) is 31.2 Å². The van der Waals surface area contributed by atoms with Crippen molar-refractivity contribution < 1.29 is 4.39 Å². The Hall–Kier alpha value is -1.52. The molecule has 5 heteroatoms. The van der Waals surface area contributed by atoms with Crippen molar-refractivity contribution >= 4 is 38.4 Å². The SMILES string of the molecule is Cc1ccc(-c2nc(Cl)c3cccc(Br)c3n2)c(F)c1. The Morgan fingerprint density at radius 1 is 1.15 bits per heavy atom. The van der Waals surface area contributed by atoms with Gasteiger partial charge in [-0.05, 0) is 52.7 Å². The molecule has 0 saturated heterocycles. The molecule has 0 aliphatic rings. The zero-order chi connectivity index (χ0) is 14.3. The molecule has 1 aromatic heterocycles. The molecule has 0 amide bonds. The third-order valence-corrected chi connectivity index (χ3v) is 3.92. The quantitative estimate of drug-likeness (QED) is 0.566. The van der Waals surface area contributed by atoms with Gasteiger partial charge in [-0.25, -0.2) is 14.4 Å². The predicted molar refractivity (Wildman–Crippen MR) is 82.4 cm³/mol. The Morgan fingerprint density at radius 2 is 1.95 bits per heavy atom. The van der Waals surface area contributed by atoms with Crippen molar-refractivity contribution in [3.05, 3.63) is 57.4 Å². The number of hydrogen-bond donors (Lipinski definition) is 0. The normalized spacial score (nSPS) is 11.0. The Kier molecular flexibility index (Phi) is 3.44. The van der Waals surface area contributed by atoms with Crippen LogP contribution in [0.1, 0.15) is 5.56 Å². The molecule has 0 atom stereocenters. The Balaban J connectivity index is 2.29. The smallest absolute Gasteiger partial charge is 0.164 e. The summed E-state index contributed by atoms with van der Waals surface area (Å²) in [5, 5.41) is 1.04. The summed E-state index contributed by atoms with van der Waals surface area (Å²) in [5.74, 6) is -0.0700. The van der Waals surface area contributed by atoms with Gasteiger partial charge in [0.2, 0.25) is 0 Å². The lowest BCUT2D eigenvalue weighted by atomic mass is 10.1. The van der Waals surface area contributed by atoms with Crippen molar-refractivity contribution in [2.24, 2.45) is 0 Å². The molecule has 3 aromatic rings. The highest BCUT2D eigenvalue weighted by Gasteiger charge is 2.13. The minimum Gasteiger partial charge on any atom is -0.227 e. The molecule has 0 radical (unpaired) electrons. The van der Waals surface area contributed by atoms with Crippen LogP contribution in [0.2, 0.25) is 5.15 Å². The lowest BCUT2D eigenvalue weighted by Gasteiger charge is -2.07. The van der Waals surface area contributed by atoms with Gasteiger partial charge in [0.15, 0.2) is 5.82 Å². The third-order valence-electron chi connectivity index (χ3n) is 3.00. The van der Waals surface area contributed by atoms with Crippen LogP contribution >= 0.6 is 27.5 Å². The van der Waals surface area contributed by atoms with Crippen LogP contribution in [-0.4, -0.2) is 9.97 Å². The van der Waals surface area contributed by atoms with E-state index in [-0.39, 0.29) is 11.6 Å². The summed E-state index contributed by atoms with van der Waals surface area (Å²) in [6, 6.07) is 10.5. The second-order valence-corrected chi connectivity index (χ2v) is 5.67. The summed E-state index contributed by atoms with van der Waals surface area (Å²) in [6.45, 7) is 1.83. The molecule has 2 aromatic carbocycles. The first-order valence-electron chi connectivity index (χ1n) is 5.94. The zero-order valence-electron chi connectivity index (χ0n) is 10.5. The topological polar surface area (TPSA) is 25.8 Å². The zero-order valence-corrected chi connectivity index (χ0v) is 12.8. The van der Waals surface area contributed by atoms with Gasteiger partial charge in [-0.1, -0.05) is 23.7 Å². The molecule has 2 nitrogen and oxygen atoms in total. The van der Waals surface area contributed by atoms with Crippen LogP contribution in [0.15, 0.2) is 40.9 Å². The molecule has 20 heavy (non-hydrogen) atoms. The van der Waals surface area contributed by atoms with Gasteiger partial charge in [0.05, 0.1) is 11.1 Å². The Labute approximate surface area is 128 Å². The van der Waals surface area contributed by atoms with Crippen LogP contribution in [0.25, 0.3) is 22.3 Å². The fraction of sp³-hybridized carbons (Fsp3) is 0.0667. The van der Waals surface area contributed by atoms with Crippen molar-refractivity contribution in [3.63, 3.8) is 0 Å². The molecule has 1 heterocycles. The third kappa shape index (κ3) is 2.30. The van der Waals surface area contributed by atoms with Gasteiger partial charge in [-0.15, -0.1) is 0 Å². The van der Waals surface area contributed by atoms with E-state index in [0.29, 0.717) is 16.2 Å². The number of aromatic nitrogens is 2. The van der Waals surface area contributed by atoms with Crippen molar-refractivity contribution in [2.75, 3.05) is 0 Å². The fourth-order valence-electron chi connectivity index (χ4n) is 2.00. The number of aryl methyl sites for hydroxylation is 1.